The number of halogens is 2. The maximum Gasteiger partial charge on any atom is 0.142 e. The largest absolute Gasteiger partial charge is 0.324 e. The van der Waals surface area contributed by atoms with Gasteiger partial charge in [0.05, 0.1) is 5.02 Å². The first-order chi connectivity index (χ1) is 8.16. The Morgan fingerprint density at radius 1 is 1.35 bits per heavy atom. The highest BCUT2D eigenvalue weighted by Crippen LogP contribution is 2.22. The van der Waals surface area contributed by atoms with Gasteiger partial charge in [-0.1, -0.05) is 17.7 Å². The third-order valence-corrected chi connectivity index (χ3v) is 3.73. The van der Waals surface area contributed by atoms with E-state index in [4.69, 9.17) is 17.3 Å². The molecule has 1 unspecified atom stereocenters. The average molecular weight is 270 g/mol. The second-order valence-electron chi connectivity index (χ2n) is 3.95. The number of hydrogen-bond acceptors (Lipinski definition) is 2. The van der Waals surface area contributed by atoms with Crippen molar-refractivity contribution in [2.45, 2.75) is 18.9 Å². The van der Waals surface area contributed by atoms with Crippen LogP contribution < -0.4 is 5.73 Å². The minimum absolute atomic E-state index is 0.138. The number of benzene rings is 1. The van der Waals surface area contributed by atoms with Gasteiger partial charge in [-0.25, -0.2) is 4.39 Å². The van der Waals surface area contributed by atoms with Crippen LogP contribution in [0.25, 0.3) is 0 Å². The first-order valence-corrected chi connectivity index (χ1v) is 6.70. The summed E-state index contributed by atoms with van der Waals surface area (Å²) in [6, 6.07) is 6.68. The molecular weight excluding hydrogens is 257 g/mol. The van der Waals surface area contributed by atoms with Gasteiger partial charge in [-0.05, 0) is 52.9 Å². The van der Waals surface area contributed by atoms with Crippen molar-refractivity contribution >= 4 is 22.9 Å². The summed E-state index contributed by atoms with van der Waals surface area (Å²) in [7, 11) is 0. The van der Waals surface area contributed by atoms with Crippen LogP contribution in [0.3, 0.4) is 0 Å². The normalized spacial score (nSPS) is 12.6. The molecule has 0 spiro atoms. The summed E-state index contributed by atoms with van der Waals surface area (Å²) in [6.07, 6.45) is 1.71. The van der Waals surface area contributed by atoms with E-state index in [1.54, 1.807) is 23.5 Å². The van der Waals surface area contributed by atoms with E-state index in [2.05, 4.69) is 11.4 Å². The summed E-state index contributed by atoms with van der Waals surface area (Å²) in [5.41, 5.74) is 8.10. The van der Waals surface area contributed by atoms with Crippen LogP contribution in [0.1, 0.15) is 23.6 Å². The third kappa shape index (κ3) is 3.28. The summed E-state index contributed by atoms with van der Waals surface area (Å²) in [4.78, 5) is 0. The van der Waals surface area contributed by atoms with Crippen LogP contribution in [0, 0.1) is 5.82 Å². The summed E-state index contributed by atoms with van der Waals surface area (Å²) in [5, 5.41) is 4.29. The zero-order chi connectivity index (χ0) is 12.3. The van der Waals surface area contributed by atoms with E-state index in [9.17, 15) is 4.39 Å². The Hall–Kier alpha value is -0.900. The van der Waals surface area contributed by atoms with Gasteiger partial charge in [0, 0.05) is 6.04 Å². The molecule has 1 heterocycles. The number of nitrogens with two attached hydrogens (primary N) is 1. The number of rotatable bonds is 4. The minimum Gasteiger partial charge on any atom is -0.324 e. The highest BCUT2D eigenvalue weighted by atomic mass is 35.5. The fraction of sp³-hybridized carbons (Fsp3) is 0.231. The van der Waals surface area contributed by atoms with Gasteiger partial charge in [0.15, 0.2) is 0 Å². The smallest absolute Gasteiger partial charge is 0.142 e. The van der Waals surface area contributed by atoms with Crippen LogP contribution in [-0.4, -0.2) is 0 Å². The highest BCUT2D eigenvalue weighted by molar-refractivity contribution is 7.07. The zero-order valence-corrected chi connectivity index (χ0v) is 10.8. The van der Waals surface area contributed by atoms with E-state index >= 15 is 0 Å². The first kappa shape index (κ1) is 12.6. The summed E-state index contributed by atoms with van der Waals surface area (Å²) in [5.74, 6) is -0.407. The molecule has 1 nitrogen and oxygen atoms in total. The maximum atomic E-state index is 13.3. The zero-order valence-electron chi connectivity index (χ0n) is 9.20. The quantitative estimate of drug-likeness (QED) is 0.886. The van der Waals surface area contributed by atoms with Crippen LogP contribution in [0.4, 0.5) is 4.39 Å². The molecule has 4 heteroatoms. The van der Waals surface area contributed by atoms with Gasteiger partial charge < -0.3 is 5.73 Å². The molecule has 2 aromatic rings. The molecule has 0 saturated carbocycles. The second-order valence-corrected chi connectivity index (χ2v) is 5.14. The van der Waals surface area contributed by atoms with Crippen molar-refractivity contribution in [1.82, 2.24) is 0 Å². The molecule has 17 heavy (non-hydrogen) atoms. The Morgan fingerprint density at radius 3 is 2.82 bits per heavy atom. The van der Waals surface area contributed by atoms with E-state index < -0.39 is 5.82 Å². The fourth-order valence-electron chi connectivity index (χ4n) is 1.67. The Bertz CT molecular complexity index is 484. The molecular formula is C13H13ClFNS. The van der Waals surface area contributed by atoms with Crippen molar-refractivity contribution in [3.63, 3.8) is 0 Å². The molecule has 1 atom stereocenters. The molecule has 90 valence electrons. The number of aryl methyl sites for hydroxylation is 1. The van der Waals surface area contributed by atoms with Crippen molar-refractivity contribution in [2.24, 2.45) is 5.73 Å². The Morgan fingerprint density at radius 2 is 2.18 bits per heavy atom. The van der Waals surface area contributed by atoms with Crippen LogP contribution in [0.15, 0.2) is 35.0 Å². The van der Waals surface area contributed by atoms with Gasteiger partial charge in [0.25, 0.3) is 0 Å². The van der Waals surface area contributed by atoms with Gasteiger partial charge in [-0.2, -0.15) is 11.3 Å². The lowest BCUT2D eigenvalue weighted by atomic mass is 10.0. The van der Waals surface area contributed by atoms with E-state index in [1.165, 1.54) is 11.6 Å². The monoisotopic (exact) mass is 269 g/mol. The molecule has 0 amide bonds. The van der Waals surface area contributed by atoms with Crippen LogP contribution in [0.5, 0.6) is 0 Å². The summed E-state index contributed by atoms with van der Waals surface area (Å²) < 4.78 is 13.3. The van der Waals surface area contributed by atoms with Crippen molar-refractivity contribution in [2.75, 3.05) is 0 Å². The molecule has 1 aromatic carbocycles. The lowest BCUT2D eigenvalue weighted by Gasteiger charge is -2.11. The molecule has 0 saturated heterocycles. The highest BCUT2D eigenvalue weighted by Gasteiger charge is 2.09. The molecule has 0 bridgehead atoms. The van der Waals surface area contributed by atoms with E-state index in [-0.39, 0.29) is 11.1 Å². The van der Waals surface area contributed by atoms with E-state index in [0.717, 1.165) is 18.4 Å². The van der Waals surface area contributed by atoms with Crippen molar-refractivity contribution < 1.29 is 4.39 Å². The third-order valence-electron chi connectivity index (χ3n) is 2.70. The average Bonchev–Trinajstić information content (AvgIpc) is 2.82. The van der Waals surface area contributed by atoms with Crippen LogP contribution in [0.2, 0.25) is 5.02 Å². The predicted molar refractivity (Wildman–Crippen MR) is 71.0 cm³/mol. The Labute approximate surface area is 109 Å². The van der Waals surface area contributed by atoms with Crippen LogP contribution in [-0.2, 0) is 6.42 Å². The Balaban J connectivity index is 1.99. The van der Waals surface area contributed by atoms with Gasteiger partial charge in [-0.15, -0.1) is 0 Å². The van der Waals surface area contributed by atoms with Gasteiger partial charge in [0.1, 0.15) is 5.82 Å². The van der Waals surface area contributed by atoms with Gasteiger partial charge >= 0.3 is 0 Å². The lowest BCUT2D eigenvalue weighted by Crippen LogP contribution is -2.11. The number of thiophene rings is 1. The van der Waals surface area contributed by atoms with Crippen molar-refractivity contribution in [3.8, 4) is 0 Å². The molecule has 2 N–H and O–H groups in total. The standard InChI is InChI=1S/C13H13ClFNS/c14-11-3-2-10(7-12(11)15)13(16)4-1-9-5-6-17-8-9/h2-3,5-8,13H,1,4,16H2. The second kappa shape index (κ2) is 5.63. The topological polar surface area (TPSA) is 26.0 Å². The fourth-order valence-corrected chi connectivity index (χ4v) is 2.49. The maximum absolute atomic E-state index is 13.3. The number of hydrogen-bond donors (Lipinski definition) is 1. The van der Waals surface area contributed by atoms with E-state index in [1.807, 2.05) is 5.38 Å². The molecule has 0 radical (unpaired) electrons. The van der Waals surface area contributed by atoms with Crippen molar-refractivity contribution in [3.05, 3.63) is 57.0 Å². The van der Waals surface area contributed by atoms with E-state index in [0.29, 0.717) is 0 Å². The summed E-state index contributed by atoms with van der Waals surface area (Å²) in [6.45, 7) is 0. The Kier molecular flexibility index (Phi) is 4.15. The molecule has 0 aliphatic rings. The van der Waals surface area contributed by atoms with Gasteiger partial charge in [0.2, 0.25) is 0 Å². The van der Waals surface area contributed by atoms with Crippen LogP contribution >= 0.6 is 22.9 Å². The molecule has 1 aromatic heterocycles. The summed E-state index contributed by atoms with van der Waals surface area (Å²) >= 11 is 7.30. The molecule has 0 aliphatic heterocycles. The molecule has 0 aliphatic carbocycles. The SMILES string of the molecule is NC(CCc1ccsc1)c1ccc(Cl)c(F)c1. The molecule has 2 rings (SSSR count). The molecule has 0 fully saturated rings. The first-order valence-electron chi connectivity index (χ1n) is 5.38. The van der Waals surface area contributed by atoms with Gasteiger partial charge in [-0.3, -0.25) is 0 Å². The lowest BCUT2D eigenvalue weighted by molar-refractivity contribution is 0.610. The predicted octanol–water partition coefficient (Wildman–Crippen LogP) is 4.17. The minimum atomic E-state index is -0.407. The van der Waals surface area contributed by atoms with Crippen molar-refractivity contribution in [1.29, 1.82) is 0 Å².